The summed E-state index contributed by atoms with van der Waals surface area (Å²) in [5.74, 6) is 1.01. The van der Waals surface area contributed by atoms with Gasteiger partial charge in [-0.1, -0.05) is 37.3 Å². The van der Waals surface area contributed by atoms with Crippen LogP contribution in [0.4, 0.5) is 11.4 Å². The Morgan fingerprint density at radius 2 is 1.87 bits per heavy atom. The molecule has 31 heavy (non-hydrogen) atoms. The molecule has 0 bridgehead atoms. The number of hydrogen-bond acceptors (Lipinski definition) is 4. The average Bonchev–Trinajstić information content (AvgIpc) is 3.20. The first-order valence-electron chi connectivity index (χ1n) is 10.2. The smallest absolute Gasteiger partial charge is 0.255 e. The van der Waals surface area contributed by atoms with Crippen molar-refractivity contribution >= 4 is 35.0 Å². The number of ether oxygens (including phenoxy) is 1. The molecule has 0 spiro atoms. The molecule has 2 amide bonds. The highest BCUT2D eigenvalue weighted by atomic mass is 32.2. The normalized spacial score (nSPS) is 15.7. The molecule has 1 atom stereocenters. The van der Waals surface area contributed by atoms with E-state index in [1.54, 1.807) is 23.8 Å². The molecule has 1 aliphatic heterocycles. The van der Waals surface area contributed by atoms with Crippen LogP contribution < -0.4 is 15.0 Å². The zero-order chi connectivity index (χ0) is 21.8. The number of thioether (sulfide) groups is 1. The Kier molecular flexibility index (Phi) is 6.28. The molecule has 1 fully saturated rings. The van der Waals surface area contributed by atoms with Crippen LogP contribution in [0.1, 0.15) is 33.8 Å². The number of rotatable bonds is 6. The van der Waals surface area contributed by atoms with Crippen LogP contribution in [0.25, 0.3) is 0 Å². The number of nitrogens with one attached hydrogen (secondary N) is 1. The van der Waals surface area contributed by atoms with Gasteiger partial charge >= 0.3 is 0 Å². The summed E-state index contributed by atoms with van der Waals surface area (Å²) in [5.41, 5.74) is 4.26. The van der Waals surface area contributed by atoms with Gasteiger partial charge in [-0.25, -0.2) is 0 Å². The molecule has 0 saturated carbocycles. The molecule has 3 aromatic rings. The van der Waals surface area contributed by atoms with Gasteiger partial charge in [0.25, 0.3) is 5.91 Å². The molecule has 1 N–H and O–H groups in total. The second-order valence-electron chi connectivity index (χ2n) is 7.26. The fourth-order valence-corrected chi connectivity index (χ4v) is 4.74. The minimum Gasteiger partial charge on any atom is -0.497 e. The van der Waals surface area contributed by atoms with Crippen molar-refractivity contribution in [2.24, 2.45) is 0 Å². The van der Waals surface area contributed by atoms with Gasteiger partial charge in [0.05, 0.1) is 12.9 Å². The van der Waals surface area contributed by atoms with Crippen molar-refractivity contribution in [2.75, 3.05) is 23.1 Å². The number of nitrogens with zero attached hydrogens (tertiary/aromatic N) is 1. The standard InChI is InChI=1S/C25H24N2O3S/c1-3-17-10-12-18(13-11-17)24(29)26-20-7-4-6-19(14-20)25-27(23(28)16-31-25)21-8-5-9-22(15-21)30-2/h4-15,25H,3,16H2,1-2H3,(H,26,29). The molecule has 0 aromatic heterocycles. The van der Waals surface area contributed by atoms with E-state index in [9.17, 15) is 9.59 Å². The Balaban J connectivity index is 1.56. The largest absolute Gasteiger partial charge is 0.497 e. The lowest BCUT2D eigenvalue weighted by atomic mass is 10.1. The first-order valence-corrected chi connectivity index (χ1v) is 11.2. The van der Waals surface area contributed by atoms with Gasteiger partial charge in [-0.2, -0.15) is 0 Å². The van der Waals surface area contributed by atoms with E-state index in [2.05, 4.69) is 12.2 Å². The van der Waals surface area contributed by atoms with Gasteiger partial charge < -0.3 is 10.1 Å². The van der Waals surface area contributed by atoms with Crippen LogP contribution in [0.15, 0.2) is 72.8 Å². The second kappa shape index (κ2) is 9.27. The first-order chi connectivity index (χ1) is 15.1. The molecule has 5 nitrogen and oxygen atoms in total. The van der Waals surface area contributed by atoms with E-state index < -0.39 is 0 Å². The van der Waals surface area contributed by atoms with E-state index in [0.717, 1.165) is 17.7 Å². The summed E-state index contributed by atoms with van der Waals surface area (Å²) >= 11 is 1.57. The molecule has 6 heteroatoms. The highest BCUT2D eigenvalue weighted by Crippen LogP contribution is 2.42. The van der Waals surface area contributed by atoms with Crippen molar-refractivity contribution < 1.29 is 14.3 Å². The summed E-state index contributed by atoms with van der Waals surface area (Å²) in [6.45, 7) is 2.08. The van der Waals surface area contributed by atoms with Crippen LogP contribution >= 0.6 is 11.8 Å². The minimum atomic E-state index is -0.166. The van der Waals surface area contributed by atoms with Gasteiger partial charge in [0.2, 0.25) is 5.91 Å². The molecule has 1 saturated heterocycles. The predicted molar refractivity (Wildman–Crippen MR) is 126 cm³/mol. The molecular formula is C25H24N2O3S. The Morgan fingerprint density at radius 1 is 1.10 bits per heavy atom. The molecule has 0 radical (unpaired) electrons. The summed E-state index contributed by atoms with van der Waals surface area (Å²) in [6.07, 6.45) is 0.936. The van der Waals surface area contributed by atoms with E-state index in [1.807, 2.05) is 72.8 Å². The summed E-state index contributed by atoms with van der Waals surface area (Å²) < 4.78 is 5.32. The highest BCUT2D eigenvalue weighted by Gasteiger charge is 2.34. The molecule has 3 aromatic carbocycles. The SMILES string of the molecule is CCc1ccc(C(=O)Nc2cccc(C3SCC(=O)N3c3cccc(OC)c3)c2)cc1. The van der Waals surface area contributed by atoms with Crippen LogP contribution in [0, 0.1) is 0 Å². The molecule has 0 aliphatic carbocycles. The summed E-state index contributed by atoms with van der Waals surface area (Å²) in [4.78, 5) is 27.1. The number of amides is 2. The van der Waals surface area contributed by atoms with Crippen LogP contribution in [-0.4, -0.2) is 24.7 Å². The second-order valence-corrected chi connectivity index (χ2v) is 8.33. The number of carbonyl (C=O) groups excluding carboxylic acids is 2. The summed E-state index contributed by atoms with van der Waals surface area (Å²) in [7, 11) is 1.61. The first kappa shape index (κ1) is 21.0. The average molecular weight is 433 g/mol. The number of benzene rings is 3. The lowest BCUT2D eigenvalue weighted by molar-refractivity contribution is -0.115. The van der Waals surface area contributed by atoms with Crippen molar-refractivity contribution in [2.45, 2.75) is 18.7 Å². The third-order valence-electron chi connectivity index (χ3n) is 5.25. The van der Waals surface area contributed by atoms with Gasteiger partial charge in [-0.05, 0) is 53.9 Å². The Morgan fingerprint density at radius 3 is 2.61 bits per heavy atom. The quantitative estimate of drug-likeness (QED) is 0.575. The van der Waals surface area contributed by atoms with Crippen molar-refractivity contribution in [3.63, 3.8) is 0 Å². The third-order valence-corrected chi connectivity index (χ3v) is 6.47. The number of anilines is 2. The maximum Gasteiger partial charge on any atom is 0.255 e. The van der Waals surface area contributed by atoms with Crippen molar-refractivity contribution in [1.82, 2.24) is 0 Å². The topological polar surface area (TPSA) is 58.6 Å². The minimum absolute atomic E-state index is 0.0497. The number of hydrogen-bond donors (Lipinski definition) is 1. The molecule has 1 heterocycles. The van der Waals surface area contributed by atoms with Crippen LogP contribution in [-0.2, 0) is 11.2 Å². The van der Waals surface area contributed by atoms with E-state index in [1.165, 1.54) is 5.56 Å². The lowest BCUT2D eigenvalue weighted by Crippen LogP contribution is -2.27. The molecular weight excluding hydrogens is 408 g/mol. The van der Waals surface area contributed by atoms with Crippen molar-refractivity contribution in [1.29, 1.82) is 0 Å². The predicted octanol–water partition coefficient (Wildman–Crippen LogP) is 5.29. The molecule has 1 aliphatic rings. The lowest BCUT2D eigenvalue weighted by Gasteiger charge is -2.25. The van der Waals surface area contributed by atoms with Crippen molar-refractivity contribution in [3.8, 4) is 5.75 Å². The summed E-state index contributed by atoms with van der Waals surface area (Å²) in [5, 5.41) is 2.81. The van der Waals surface area contributed by atoms with Gasteiger partial charge in [-0.3, -0.25) is 14.5 Å². The zero-order valence-electron chi connectivity index (χ0n) is 17.5. The van der Waals surface area contributed by atoms with Crippen molar-refractivity contribution in [3.05, 3.63) is 89.5 Å². The molecule has 4 rings (SSSR count). The third kappa shape index (κ3) is 4.59. The van der Waals surface area contributed by atoms with Crippen LogP contribution in [0.3, 0.4) is 0 Å². The molecule has 158 valence electrons. The van der Waals surface area contributed by atoms with Crippen LogP contribution in [0.5, 0.6) is 5.75 Å². The fourth-order valence-electron chi connectivity index (χ4n) is 3.58. The van der Waals surface area contributed by atoms with E-state index >= 15 is 0 Å². The maximum absolute atomic E-state index is 12.7. The van der Waals surface area contributed by atoms with E-state index in [4.69, 9.17) is 4.74 Å². The van der Waals surface area contributed by atoms with Gasteiger partial charge in [0.1, 0.15) is 11.1 Å². The van der Waals surface area contributed by atoms with Gasteiger partial charge in [-0.15, -0.1) is 11.8 Å². The van der Waals surface area contributed by atoms with Gasteiger partial charge in [0, 0.05) is 23.0 Å². The van der Waals surface area contributed by atoms with E-state index in [-0.39, 0.29) is 17.2 Å². The molecule has 1 unspecified atom stereocenters. The monoisotopic (exact) mass is 432 g/mol. The number of aryl methyl sites for hydroxylation is 1. The Labute approximate surface area is 186 Å². The maximum atomic E-state index is 12.7. The highest BCUT2D eigenvalue weighted by molar-refractivity contribution is 8.00. The number of carbonyl (C=O) groups is 2. The Bertz CT molecular complexity index is 1100. The fraction of sp³-hybridized carbons (Fsp3) is 0.200. The van der Waals surface area contributed by atoms with Crippen LogP contribution in [0.2, 0.25) is 0 Å². The summed E-state index contributed by atoms with van der Waals surface area (Å²) in [6, 6.07) is 22.8. The van der Waals surface area contributed by atoms with E-state index in [0.29, 0.717) is 22.8 Å². The van der Waals surface area contributed by atoms with Gasteiger partial charge in [0.15, 0.2) is 0 Å². The zero-order valence-corrected chi connectivity index (χ0v) is 18.3. The number of methoxy groups -OCH3 is 1. The Hall–Kier alpha value is -3.25.